The molecule has 8 nitrogen and oxygen atoms in total. The van der Waals surface area contributed by atoms with Crippen LogP contribution in [0.1, 0.15) is 40.0 Å². The lowest BCUT2D eigenvalue weighted by atomic mass is 9.62. The molecule has 12 heteroatoms. The summed E-state index contributed by atoms with van der Waals surface area (Å²) < 4.78 is 14.2. The van der Waals surface area contributed by atoms with Crippen LogP contribution < -0.4 is 20.1 Å². The van der Waals surface area contributed by atoms with Crippen LogP contribution >= 0.6 is 47.9 Å². The van der Waals surface area contributed by atoms with Crippen molar-refractivity contribution in [1.82, 2.24) is 20.6 Å². The van der Waals surface area contributed by atoms with Gasteiger partial charge in [-0.05, 0) is 54.4 Å². The molecule has 0 bridgehead atoms. The van der Waals surface area contributed by atoms with Crippen molar-refractivity contribution in [3.05, 3.63) is 36.4 Å². The van der Waals surface area contributed by atoms with Gasteiger partial charge < -0.3 is 20.1 Å². The Hall–Kier alpha value is -2.54. The summed E-state index contributed by atoms with van der Waals surface area (Å²) >= 11 is 11.4. The second-order valence-electron chi connectivity index (χ2n) is 10.8. The third kappa shape index (κ3) is 6.53. The van der Waals surface area contributed by atoms with Gasteiger partial charge in [0.2, 0.25) is 0 Å². The third-order valence-corrected chi connectivity index (χ3v) is 8.93. The summed E-state index contributed by atoms with van der Waals surface area (Å²) in [6.45, 7) is 6.89. The number of carbonyl (C=O) groups excluding carboxylic acids is 2. The van der Waals surface area contributed by atoms with Crippen LogP contribution in [0, 0.1) is 10.8 Å². The van der Waals surface area contributed by atoms with Crippen LogP contribution in [0.3, 0.4) is 0 Å². The number of rotatable bonds is 5. The van der Waals surface area contributed by atoms with Crippen LogP contribution in [0.2, 0.25) is 0 Å². The van der Waals surface area contributed by atoms with Crippen LogP contribution in [0.15, 0.2) is 45.1 Å². The summed E-state index contributed by atoms with van der Waals surface area (Å²) in [5.74, 6) is 0.904. The fourth-order valence-corrected chi connectivity index (χ4v) is 7.79. The molecule has 2 atom stereocenters. The summed E-state index contributed by atoms with van der Waals surface area (Å²) in [5.41, 5.74) is 1.35. The van der Waals surface area contributed by atoms with Crippen molar-refractivity contribution in [3.8, 4) is 11.5 Å². The molecule has 5 rings (SSSR count). The number of hydrogen-bond acceptors (Lipinski definition) is 10. The van der Waals surface area contributed by atoms with E-state index in [-0.39, 0.29) is 16.9 Å². The number of fused-ring (bicyclic) bond motifs is 2. The fourth-order valence-electron chi connectivity index (χ4n) is 5.51. The number of aromatic nitrogens is 2. The van der Waals surface area contributed by atoms with Crippen molar-refractivity contribution >= 4 is 80.6 Å². The first-order chi connectivity index (χ1) is 18.0. The van der Waals surface area contributed by atoms with Crippen molar-refractivity contribution in [3.63, 3.8) is 0 Å². The molecule has 2 aromatic heterocycles. The number of benzene rings is 2. The first-order valence-corrected chi connectivity index (χ1v) is 14.6. The highest BCUT2D eigenvalue weighted by Gasteiger charge is 2.42. The molecule has 0 radical (unpaired) electrons. The number of thiazole rings is 2. The van der Waals surface area contributed by atoms with Gasteiger partial charge in [-0.25, -0.2) is 19.6 Å². The van der Waals surface area contributed by atoms with Gasteiger partial charge in [0.15, 0.2) is 0 Å². The zero-order chi connectivity index (χ0) is 27.1. The largest absolute Gasteiger partial charge is 0.412 e. The highest BCUT2D eigenvalue weighted by Crippen LogP contribution is 2.46. The van der Waals surface area contributed by atoms with E-state index in [1.807, 2.05) is 12.1 Å². The molecule has 1 aliphatic carbocycles. The minimum atomic E-state index is -0.517. The smallest absolute Gasteiger partial charge is 0.410 e. The first kappa shape index (κ1) is 27.0. The van der Waals surface area contributed by atoms with Crippen molar-refractivity contribution < 1.29 is 19.1 Å². The van der Waals surface area contributed by atoms with Gasteiger partial charge >= 0.3 is 12.2 Å². The topological polar surface area (TPSA) is 102 Å². The number of amides is 2. The first-order valence-electron chi connectivity index (χ1n) is 12.1. The molecule has 2 aromatic carbocycles. The van der Waals surface area contributed by atoms with Crippen molar-refractivity contribution in [2.75, 3.05) is 6.54 Å². The number of ether oxygens (including phenoxy) is 2. The van der Waals surface area contributed by atoms with Crippen molar-refractivity contribution in [2.24, 2.45) is 10.8 Å². The van der Waals surface area contributed by atoms with Gasteiger partial charge in [-0.1, -0.05) is 20.8 Å². The predicted molar refractivity (Wildman–Crippen MR) is 156 cm³/mol. The highest BCUT2D eigenvalue weighted by molar-refractivity contribution is 7.83. The molecule has 2 N–H and O–H groups in total. The maximum Gasteiger partial charge on any atom is 0.412 e. The van der Waals surface area contributed by atoms with E-state index < -0.39 is 12.2 Å². The Morgan fingerprint density at radius 2 is 1.47 bits per heavy atom. The second-order valence-corrected chi connectivity index (χ2v) is 14.3. The molecular weight excluding hydrogens is 561 g/mol. The van der Waals surface area contributed by atoms with Gasteiger partial charge in [0.1, 0.15) is 20.2 Å². The summed E-state index contributed by atoms with van der Waals surface area (Å²) in [6.07, 6.45) is 1.37. The minimum absolute atomic E-state index is 0.0389. The van der Waals surface area contributed by atoms with Crippen LogP contribution in [-0.4, -0.2) is 34.7 Å². The standard InChI is InChI=1S/C26H28N4O4S4/c1-25(2)10-14(28-22(32)34-16-5-7-18-20(9-16)38-24(36)30-18)11-26(3,12-25)13-27-21(31)33-15-4-6-17-19(8-15)37-23(35)29-17/h4-9,14H,10-13H2,1-3H3,(H,27,31)(H,28,32)(H,29,35)(H,30,36). The quantitative estimate of drug-likeness (QED) is 0.188. The van der Waals surface area contributed by atoms with Crippen LogP contribution in [0.25, 0.3) is 20.4 Å². The maximum atomic E-state index is 12.7. The van der Waals surface area contributed by atoms with E-state index in [0.29, 0.717) is 33.1 Å². The van der Waals surface area contributed by atoms with Crippen molar-refractivity contribution in [2.45, 2.75) is 54.8 Å². The lowest BCUT2D eigenvalue weighted by Gasteiger charge is -2.46. The zero-order valence-corrected chi connectivity index (χ0v) is 24.5. The monoisotopic (exact) mass is 588 g/mol. The number of nitrogens with zero attached hydrogens (tertiary/aromatic N) is 2. The predicted octanol–water partition coefficient (Wildman–Crippen LogP) is 6.95. The minimum Gasteiger partial charge on any atom is -0.410 e. The summed E-state index contributed by atoms with van der Waals surface area (Å²) in [6, 6.07) is 10.5. The van der Waals surface area contributed by atoms with Crippen LogP contribution in [-0.2, 0) is 0 Å². The average Bonchev–Trinajstić information content (AvgIpc) is 3.36. The molecule has 1 aliphatic rings. The van der Waals surface area contributed by atoms with E-state index in [0.717, 1.165) is 33.3 Å². The molecule has 2 unspecified atom stereocenters. The zero-order valence-electron chi connectivity index (χ0n) is 21.1. The van der Waals surface area contributed by atoms with E-state index >= 15 is 0 Å². The lowest BCUT2D eigenvalue weighted by Crippen LogP contribution is -2.51. The molecular formula is C26H28N4O4S4. The Morgan fingerprint density at radius 1 is 0.921 bits per heavy atom. The van der Waals surface area contributed by atoms with E-state index in [1.165, 1.54) is 22.7 Å². The van der Waals surface area contributed by atoms with Gasteiger partial charge in [0, 0.05) is 24.7 Å². The van der Waals surface area contributed by atoms with Crippen LogP contribution in [0.5, 0.6) is 11.5 Å². The normalized spacial score (nSPS) is 20.8. The van der Waals surface area contributed by atoms with Gasteiger partial charge in [0.25, 0.3) is 0 Å². The number of thiol groups is 2. The molecule has 38 heavy (non-hydrogen) atoms. The SMILES string of the molecule is CC1(C)CC(NC(=O)Oc2ccc3nc(S)sc3c2)CC(C)(CNC(=O)Oc2ccc3nc(S)sc3c2)C1. The van der Waals surface area contributed by atoms with Gasteiger partial charge in [-0.2, -0.15) is 0 Å². The maximum absolute atomic E-state index is 12.7. The highest BCUT2D eigenvalue weighted by atomic mass is 32.2. The number of nitrogens with one attached hydrogen (secondary N) is 2. The fraction of sp³-hybridized carbons (Fsp3) is 0.385. The molecule has 200 valence electrons. The Kier molecular flexibility index (Phi) is 7.51. The van der Waals surface area contributed by atoms with Crippen LogP contribution in [0.4, 0.5) is 9.59 Å². The summed E-state index contributed by atoms with van der Waals surface area (Å²) in [5, 5.41) is 5.96. The molecule has 4 aromatic rings. The number of hydrogen-bond donors (Lipinski definition) is 4. The van der Waals surface area contributed by atoms with E-state index in [9.17, 15) is 9.59 Å². The lowest BCUT2D eigenvalue weighted by molar-refractivity contribution is 0.0701. The summed E-state index contributed by atoms with van der Waals surface area (Å²) in [4.78, 5) is 34.0. The van der Waals surface area contributed by atoms with E-state index in [4.69, 9.17) is 9.47 Å². The molecule has 2 heterocycles. The van der Waals surface area contributed by atoms with Crippen molar-refractivity contribution in [1.29, 1.82) is 0 Å². The Balaban J connectivity index is 1.18. The average molecular weight is 589 g/mol. The summed E-state index contributed by atoms with van der Waals surface area (Å²) in [7, 11) is 0. The molecule has 0 spiro atoms. The molecule has 2 amide bonds. The molecule has 0 aliphatic heterocycles. The Labute approximate surface area is 239 Å². The second kappa shape index (κ2) is 10.6. The van der Waals surface area contributed by atoms with Gasteiger partial charge in [0.05, 0.1) is 20.4 Å². The molecule has 0 saturated heterocycles. The third-order valence-electron chi connectivity index (χ3n) is 6.54. The van der Waals surface area contributed by atoms with Gasteiger partial charge in [-0.3, -0.25) is 0 Å². The number of carbonyl (C=O) groups is 2. The van der Waals surface area contributed by atoms with E-state index in [1.54, 1.807) is 24.3 Å². The molecule has 1 fully saturated rings. The van der Waals surface area contributed by atoms with Gasteiger partial charge in [-0.15, -0.1) is 47.9 Å². The Bertz CT molecular complexity index is 1520. The Morgan fingerprint density at radius 3 is 2.05 bits per heavy atom. The van der Waals surface area contributed by atoms with E-state index in [2.05, 4.69) is 66.6 Å². The molecule has 1 saturated carbocycles.